The van der Waals surface area contributed by atoms with Crippen LogP contribution in [0.3, 0.4) is 0 Å². The first kappa shape index (κ1) is 18.5. The highest BCUT2D eigenvalue weighted by Crippen LogP contribution is 2.32. The number of nitro groups is 1. The van der Waals surface area contributed by atoms with Crippen LogP contribution in [0.2, 0.25) is 5.02 Å². The van der Waals surface area contributed by atoms with Crippen molar-refractivity contribution in [3.05, 3.63) is 32.8 Å². The molecule has 10 heteroatoms. The van der Waals surface area contributed by atoms with Gasteiger partial charge in [0.15, 0.2) is 0 Å². The van der Waals surface area contributed by atoms with Crippen molar-refractivity contribution >= 4 is 27.3 Å². The summed E-state index contributed by atoms with van der Waals surface area (Å²) < 4.78 is 27.2. The minimum atomic E-state index is -3.80. The maximum absolute atomic E-state index is 12.9. The first-order chi connectivity index (χ1) is 11.8. The number of piperazine rings is 1. The SMILES string of the molecule is Cc1c(Cl)cc(S(=O)(=O)N2CCC(N3CCNCC3)C2)cc1[N+](=O)[O-]. The molecular formula is C15H21ClN4O4S. The summed E-state index contributed by atoms with van der Waals surface area (Å²) in [5.74, 6) is 0. The maximum atomic E-state index is 12.9. The predicted molar refractivity (Wildman–Crippen MR) is 94.4 cm³/mol. The van der Waals surface area contributed by atoms with E-state index < -0.39 is 14.9 Å². The molecule has 0 radical (unpaired) electrons. The number of rotatable bonds is 4. The molecule has 0 saturated carbocycles. The number of benzene rings is 1. The highest BCUT2D eigenvalue weighted by Gasteiger charge is 2.36. The molecule has 0 amide bonds. The van der Waals surface area contributed by atoms with Gasteiger partial charge in [-0.05, 0) is 19.4 Å². The molecule has 25 heavy (non-hydrogen) atoms. The van der Waals surface area contributed by atoms with E-state index in [0.29, 0.717) is 13.1 Å². The number of sulfonamides is 1. The van der Waals surface area contributed by atoms with Gasteiger partial charge in [-0.25, -0.2) is 8.42 Å². The molecule has 2 fully saturated rings. The van der Waals surface area contributed by atoms with E-state index in [2.05, 4.69) is 10.2 Å². The topological polar surface area (TPSA) is 95.8 Å². The molecule has 1 aromatic carbocycles. The molecule has 1 N–H and O–H groups in total. The van der Waals surface area contributed by atoms with Crippen molar-refractivity contribution in [1.29, 1.82) is 0 Å². The van der Waals surface area contributed by atoms with Crippen molar-refractivity contribution < 1.29 is 13.3 Å². The highest BCUT2D eigenvalue weighted by molar-refractivity contribution is 7.89. The molecule has 1 aromatic rings. The van der Waals surface area contributed by atoms with Gasteiger partial charge in [-0.3, -0.25) is 15.0 Å². The number of hydrogen-bond acceptors (Lipinski definition) is 6. The van der Waals surface area contributed by atoms with Gasteiger partial charge in [0.25, 0.3) is 5.69 Å². The minimum absolute atomic E-state index is 0.0885. The summed E-state index contributed by atoms with van der Waals surface area (Å²) >= 11 is 6.02. The third-order valence-corrected chi connectivity index (χ3v) is 7.15. The fourth-order valence-corrected chi connectivity index (χ4v) is 5.22. The molecule has 2 aliphatic rings. The van der Waals surface area contributed by atoms with E-state index in [1.54, 1.807) is 0 Å². The van der Waals surface area contributed by atoms with Gasteiger partial charge in [-0.1, -0.05) is 11.6 Å². The summed E-state index contributed by atoms with van der Waals surface area (Å²) in [6.45, 7) is 5.94. The van der Waals surface area contributed by atoms with Gasteiger partial charge in [0.1, 0.15) is 0 Å². The van der Waals surface area contributed by atoms with E-state index in [9.17, 15) is 18.5 Å². The zero-order valence-corrected chi connectivity index (χ0v) is 15.5. The van der Waals surface area contributed by atoms with Crippen molar-refractivity contribution in [2.24, 2.45) is 0 Å². The number of halogens is 1. The van der Waals surface area contributed by atoms with E-state index in [1.165, 1.54) is 17.3 Å². The molecule has 2 saturated heterocycles. The summed E-state index contributed by atoms with van der Waals surface area (Å²) in [7, 11) is -3.80. The lowest BCUT2D eigenvalue weighted by Crippen LogP contribution is -2.49. The van der Waals surface area contributed by atoms with Gasteiger partial charge >= 0.3 is 0 Å². The molecule has 0 aliphatic carbocycles. The molecule has 1 unspecified atom stereocenters. The van der Waals surface area contributed by atoms with E-state index in [4.69, 9.17) is 11.6 Å². The van der Waals surface area contributed by atoms with Crippen LogP contribution in [0.15, 0.2) is 17.0 Å². The molecule has 0 bridgehead atoms. The normalized spacial score (nSPS) is 23.0. The number of hydrogen-bond donors (Lipinski definition) is 1. The first-order valence-electron chi connectivity index (χ1n) is 8.20. The van der Waals surface area contributed by atoms with Gasteiger partial charge in [0, 0.05) is 56.9 Å². The highest BCUT2D eigenvalue weighted by atomic mass is 35.5. The second-order valence-electron chi connectivity index (χ2n) is 6.40. The van der Waals surface area contributed by atoms with Crippen LogP contribution in [0.4, 0.5) is 5.69 Å². The summed E-state index contributed by atoms with van der Waals surface area (Å²) in [4.78, 5) is 12.7. The lowest BCUT2D eigenvalue weighted by Gasteiger charge is -2.32. The Labute approximate surface area is 151 Å². The Balaban J connectivity index is 1.84. The third kappa shape index (κ3) is 3.65. The van der Waals surface area contributed by atoms with Crippen LogP contribution in [0.5, 0.6) is 0 Å². The van der Waals surface area contributed by atoms with E-state index in [0.717, 1.165) is 38.7 Å². The number of nitro benzene ring substituents is 1. The lowest BCUT2D eigenvalue weighted by molar-refractivity contribution is -0.385. The summed E-state index contributed by atoms with van der Waals surface area (Å²) in [5, 5.41) is 14.5. The van der Waals surface area contributed by atoms with Crippen molar-refractivity contribution in [1.82, 2.24) is 14.5 Å². The smallest absolute Gasteiger partial charge is 0.275 e. The Morgan fingerprint density at radius 1 is 1.28 bits per heavy atom. The summed E-state index contributed by atoms with van der Waals surface area (Å²) in [6.07, 6.45) is 0.765. The van der Waals surface area contributed by atoms with Gasteiger partial charge in [-0.15, -0.1) is 0 Å². The molecule has 2 heterocycles. The molecular weight excluding hydrogens is 368 g/mol. The van der Waals surface area contributed by atoms with Crippen LogP contribution in [0, 0.1) is 17.0 Å². The first-order valence-corrected chi connectivity index (χ1v) is 10.0. The van der Waals surface area contributed by atoms with E-state index in [-0.39, 0.29) is 27.2 Å². The summed E-state index contributed by atoms with van der Waals surface area (Å²) in [5.41, 5.74) is -0.00495. The van der Waals surface area contributed by atoms with E-state index in [1.807, 2.05) is 0 Å². The lowest BCUT2D eigenvalue weighted by atomic mass is 10.2. The molecule has 3 rings (SSSR count). The Bertz CT molecular complexity index is 780. The van der Waals surface area contributed by atoms with Crippen LogP contribution in [0.1, 0.15) is 12.0 Å². The minimum Gasteiger partial charge on any atom is -0.314 e. The second-order valence-corrected chi connectivity index (χ2v) is 8.74. The van der Waals surface area contributed by atoms with Crippen molar-refractivity contribution in [3.8, 4) is 0 Å². The summed E-state index contributed by atoms with van der Waals surface area (Å²) in [6, 6.07) is 2.60. The van der Waals surface area contributed by atoms with Crippen molar-refractivity contribution in [3.63, 3.8) is 0 Å². The Kier molecular flexibility index (Phi) is 5.31. The Morgan fingerprint density at radius 3 is 2.60 bits per heavy atom. The maximum Gasteiger partial charge on any atom is 0.275 e. The fraction of sp³-hybridized carbons (Fsp3) is 0.600. The van der Waals surface area contributed by atoms with Crippen LogP contribution in [0.25, 0.3) is 0 Å². The quantitative estimate of drug-likeness (QED) is 0.615. The van der Waals surface area contributed by atoms with Crippen molar-refractivity contribution in [2.75, 3.05) is 39.3 Å². The van der Waals surface area contributed by atoms with Gasteiger partial charge in [0.2, 0.25) is 10.0 Å². The van der Waals surface area contributed by atoms with Crippen molar-refractivity contribution in [2.45, 2.75) is 24.3 Å². The molecule has 0 aromatic heterocycles. The van der Waals surface area contributed by atoms with E-state index >= 15 is 0 Å². The van der Waals surface area contributed by atoms with Gasteiger partial charge < -0.3 is 5.32 Å². The molecule has 0 spiro atoms. The largest absolute Gasteiger partial charge is 0.314 e. The van der Waals surface area contributed by atoms with Crippen LogP contribution >= 0.6 is 11.6 Å². The Morgan fingerprint density at radius 2 is 1.96 bits per heavy atom. The van der Waals surface area contributed by atoms with Crippen LogP contribution in [-0.4, -0.2) is 67.9 Å². The zero-order chi connectivity index (χ0) is 18.2. The average molecular weight is 389 g/mol. The Hall–Kier alpha value is -1.26. The molecule has 1 atom stereocenters. The number of nitrogens with one attached hydrogen (secondary N) is 1. The zero-order valence-electron chi connectivity index (χ0n) is 13.9. The molecule has 8 nitrogen and oxygen atoms in total. The predicted octanol–water partition coefficient (Wildman–Crippen LogP) is 1.22. The number of nitrogens with zero attached hydrogens (tertiary/aromatic N) is 3. The molecule has 2 aliphatic heterocycles. The van der Waals surface area contributed by atoms with Crippen LogP contribution < -0.4 is 5.32 Å². The fourth-order valence-electron chi connectivity index (χ4n) is 3.40. The molecule has 138 valence electrons. The van der Waals surface area contributed by atoms with Crippen LogP contribution in [-0.2, 0) is 10.0 Å². The van der Waals surface area contributed by atoms with Gasteiger partial charge in [-0.2, -0.15) is 4.31 Å². The second kappa shape index (κ2) is 7.16. The monoisotopic (exact) mass is 388 g/mol. The van der Waals surface area contributed by atoms with Gasteiger partial charge in [0.05, 0.1) is 14.8 Å². The third-order valence-electron chi connectivity index (χ3n) is 4.92. The standard InChI is InChI=1S/C15H21ClN4O4S/c1-11-14(16)8-13(9-15(11)20(21)22)25(23,24)19-5-2-12(10-19)18-6-3-17-4-7-18/h8-9,12,17H,2-7,10H2,1H3. The average Bonchev–Trinajstić information content (AvgIpc) is 3.08.